The third kappa shape index (κ3) is 2.63. The Bertz CT molecular complexity index is 828. The van der Waals surface area contributed by atoms with Crippen molar-refractivity contribution in [2.45, 2.75) is 43.0 Å². The van der Waals surface area contributed by atoms with E-state index in [2.05, 4.69) is 70.0 Å². The Balaban J connectivity index is 1.57. The summed E-state index contributed by atoms with van der Waals surface area (Å²) in [5.74, 6) is 1.23. The van der Waals surface area contributed by atoms with E-state index in [0.717, 1.165) is 5.02 Å². The van der Waals surface area contributed by atoms with Gasteiger partial charge in [0.1, 0.15) is 5.82 Å². The summed E-state index contributed by atoms with van der Waals surface area (Å²) in [6.45, 7) is 0. The van der Waals surface area contributed by atoms with E-state index in [1.54, 1.807) is 0 Å². The maximum absolute atomic E-state index is 6.09. The molecule has 5 rings (SSSR count). The average molecular weight is 384 g/mol. The van der Waals surface area contributed by atoms with Crippen molar-refractivity contribution in [2.24, 2.45) is 0 Å². The molecule has 2 N–H and O–H groups in total. The zero-order valence-corrected chi connectivity index (χ0v) is 16.1. The molecular weight excluding hydrogens is 362 g/mol. The van der Waals surface area contributed by atoms with Gasteiger partial charge in [0.05, 0.1) is 15.8 Å². The quantitative estimate of drug-likeness (QED) is 0.708. The number of hydrogen-bond acceptors (Lipinski definition) is 4. The van der Waals surface area contributed by atoms with Crippen LogP contribution in [0.1, 0.15) is 43.7 Å². The Morgan fingerprint density at radius 2 is 1.69 bits per heavy atom. The summed E-state index contributed by atoms with van der Waals surface area (Å²) in [6.07, 6.45) is 6.41. The number of hydrogen-bond donors (Lipinski definition) is 2. The van der Waals surface area contributed by atoms with Crippen LogP contribution in [0.15, 0.2) is 65.3 Å². The van der Waals surface area contributed by atoms with Gasteiger partial charge in [0.25, 0.3) is 0 Å². The summed E-state index contributed by atoms with van der Waals surface area (Å²) >= 11 is 8.15. The van der Waals surface area contributed by atoms with Gasteiger partial charge >= 0.3 is 0 Å². The van der Waals surface area contributed by atoms with Crippen LogP contribution in [0.5, 0.6) is 0 Å². The molecule has 1 atom stereocenters. The van der Waals surface area contributed by atoms with Gasteiger partial charge in [-0.1, -0.05) is 73.0 Å². The summed E-state index contributed by atoms with van der Waals surface area (Å²) < 4.78 is 0. The molecule has 2 heterocycles. The summed E-state index contributed by atoms with van der Waals surface area (Å²) in [5.41, 5.74) is 9.52. The molecule has 5 heteroatoms. The molecule has 0 bridgehead atoms. The van der Waals surface area contributed by atoms with E-state index in [1.165, 1.54) is 54.1 Å². The Hall–Kier alpha value is -1.62. The molecule has 1 fully saturated rings. The number of rotatable bonds is 2. The number of halogens is 1. The van der Waals surface area contributed by atoms with E-state index in [4.69, 9.17) is 11.6 Å². The van der Waals surface area contributed by atoms with E-state index in [9.17, 15) is 0 Å². The number of benzene rings is 2. The molecule has 3 nitrogen and oxygen atoms in total. The van der Waals surface area contributed by atoms with E-state index in [0.29, 0.717) is 0 Å². The fraction of sp³-hybridized carbons (Fsp3) is 0.333. The molecule has 2 aromatic carbocycles. The Morgan fingerprint density at radius 1 is 0.962 bits per heavy atom. The van der Waals surface area contributed by atoms with Gasteiger partial charge in [0.15, 0.2) is 0 Å². The summed E-state index contributed by atoms with van der Waals surface area (Å²) in [6, 6.07) is 19.2. The predicted octanol–water partition coefficient (Wildman–Crippen LogP) is 5.57. The van der Waals surface area contributed by atoms with Crippen molar-refractivity contribution in [1.82, 2.24) is 10.9 Å². The lowest BCUT2D eigenvalue weighted by molar-refractivity contribution is 0.390. The second kappa shape index (κ2) is 6.52. The van der Waals surface area contributed by atoms with Crippen molar-refractivity contribution < 1.29 is 0 Å². The van der Waals surface area contributed by atoms with Crippen molar-refractivity contribution in [2.75, 3.05) is 4.90 Å². The zero-order valence-electron chi connectivity index (χ0n) is 14.5. The minimum absolute atomic E-state index is 0.143. The smallest absolute Gasteiger partial charge is 0.133 e. The van der Waals surface area contributed by atoms with Crippen molar-refractivity contribution in [3.8, 4) is 0 Å². The minimum Gasteiger partial charge on any atom is -0.311 e. The van der Waals surface area contributed by atoms with Crippen LogP contribution in [-0.2, 0) is 0 Å². The minimum atomic E-state index is 0.143. The molecular formula is C21H22ClN3S. The number of para-hydroxylation sites is 1. The average Bonchev–Trinajstić information content (AvgIpc) is 3.20. The molecule has 26 heavy (non-hydrogen) atoms. The lowest BCUT2D eigenvalue weighted by Gasteiger charge is -2.43. The van der Waals surface area contributed by atoms with E-state index >= 15 is 0 Å². The van der Waals surface area contributed by atoms with Crippen LogP contribution in [0.3, 0.4) is 0 Å². The second-order valence-corrected chi connectivity index (χ2v) is 9.09. The largest absolute Gasteiger partial charge is 0.311 e. The first-order valence-corrected chi connectivity index (χ1v) is 10.5. The zero-order chi connectivity index (χ0) is 17.6. The van der Waals surface area contributed by atoms with Crippen LogP contribution in [0.25, 0.3) is 0 Å². The molecule has 1 spiro atoms. The van der Waals surface area contributed by atoms with Crippen LogP contribution in [0.4, 0.5) is 5.69 Å². The molecule has 2 aliphatic heterocycles. The molecule has 134 valence electrons. The molecule has 1 unspecified atom stereocenters. The van der Waals surface area contributed by atoms with Gasteiger partial charge in [-0.2, -0.15) is 0 Å². The fourth-order valence-corrected chi connectivity index (χ4v) is 6.26. The van der Waals surface area contributed by atoms with Crippen LogP contribution >= 0.6 is 23.4 Å². The van der Waals surface area contributed by atoms with Gasteiger partial charge < -0.3 is 10.3 Å². The highest BCUT2D eigenvalue weighted by Crippen LogP contribution is 2.58. The number of thioether (sulfide) groups is 1. The van der Waals surface area contributed by atoms with Gasteiger partial charge in [-0.3, -0.25) is 0 Å². The Morgan fingerprint density at radius 3 is 2.42 bits per heavy atom. The third-order valence-corrected chi connectivity index (χ3v) is 7.49. The number of nitrogens with one attached hydrogen (secondary N) is 2. The topological polar surface area (TPSA) is 27.3 Å². The third-order valence-electron chi connectivity index (χ3n) is 5.61. The number of hydrazine groups is 1. The highest BCUT2D eigenvalue weighted by atomic mass is 35.5. The SMILES string of the molecule is Clc1ccc(C2NNC3=C2SC2(CCCCC2)N3c2ccccc2)cc1. The van der Waals surface area contributed by atoms with Gasteiger partial charge in [-0.15, -0.1) is 0 Å². The second-order valence-electron chi connectivity index (χ2n) is 7.25. The van der Waals surface area contributed by atoms with Crippen molar-refractivity contribution >= 4 is 29.1 Å². The Labute approximate surface area is 163 Å². The van der Waals surface area contributed by atoms with Crippen LogP contribution in [0, 0.1) is 0 Å². The van der Waals surface area contributed by atoms with Crippen molar-refractivity contribution in [1.29, 1.82) is 0 Å². The van der Waals surface area contributed by atoms with E-state index in [-0.39, 0.29) is 10.9 Å². The number of anilines is 1. The van der Waals surface area contributed by atoms with E-state index < -0.39 is 0 Å². The van der Waals surface area contributed by atoms with Crippen LogP contribution < -0.4 is 15.8 Å². The maximum Gasteiger partial charge on any atom is 0.133 e. The standard InChI is InChI=1S/C21H22ClN3S/c22-16-11-9-15(10-12-16)18-19-20(24-23-18)25(17-7-3-1-4-8-17)21(26-19)13-5-2-6-14-21/h1,3-4,7-12,18,23-24H,2,5-6,13-14H2. The van der Waals surface area contributed by atoms with Crippen molar-refractivity contribution in [3.63, 3.8) is 0 Å². The summed E-state index contributed by atoms with van der Waals surface area (Å²) in [5, 5.41) is 0.780. The fourth-order valence-electron chi connectivity index (χ4n) is 4.39. The highest BCUT2D eigenvalue weighted by Gasteiger charge is 2.51. The maximum atomic E-state index is 6.09. The molecule has 0 aromatic heterocycles. The molecule has 1 aliphatic carbocycles. The first-order valence-electron chi connectivity index (χ1n) is 9.32. The lowest BCUT2D eigenvalue weighted by atomic mass is 9.93. The first kappa shape index (κ1) is 16.5. The highest BCUT2D eigenvalue weighted by molar-refractivity contribution is 8.04. The molecule has 3 aliphatic rings. The van der Waals surface area contributed by atoms with Crippen LogP contribution in [0.2, 0.25) is 5.02 Å². The van der Waals surface area contributed by atoms with Gasteiger partial charge in [-0.05, 0) is 42.7 Å². The van der Waals surface area contributed by atoms with Crippen molar-refractivity contribution in [3.05, 3.63) is 75.9 Å². The Kier molecular flexibility index (Phi) is 4.15. The molecule has 0 saturated heterocycles. The first-order chi connectivity index (χ1) is 12.8. The molecule has 1 saturated carbocycles. The molecule has 0 amide bonds. The predicted molar refractivity (Wildman–Crippen MR) is 110 cm³/mol. The normalized spacial score (nSPS) is 24.0. The monoisotopic (exact) mass is 383 g/mol. The van der Waals surface area contributed by atoms with Crippen LogP contribution in [-0.4, -0.2) is 4.87 Å². The van der Waals surface area contributed by atoms with Gasteiger partial charge in [0, 0.05) is 10.7 Å². The van der Waals surface area contributed by atoms with E-state index in [1.807, 2.05) is 12.1 Å². The summed E-state index contributed by atoms with van der Waals surface area (Å²) in [7, 11) is 0. The molecule has 2 aromatic rings. The molecule has 0 radical (unpaired) electrons. The summed E-state index contributed by atoms with van der Waals surface area (Å²) in [4.78, 5) is 4.09. The lowest BCUT2D eigenvalue weighted by Crippen LogP contribution is -2.48. The van der Waals surface area contributed by atoms with Gasteiger partial charge in [0.2, 0.25) is 0 Å². The van der Waals surface area contributed by atoms with Gasteiger partial charge in [-0.25, -0.2) is 5.43 Å². The number of nitrogens with zero attached hydrogens (tertiary/aromatic N) is 1.